The van der Waals surface area contributed by atoms with Crippen LogP contribution >= 0.6 is 0 Å². The SMILES string of the molecule is c1ccc(N(c2cc3c4c(c2)oc2cccc(c24)C32c3ccccc3Oc3ccccc32)c2ccccc2-c2ccc3c(c2)-c2ccccc2C32C3CC4CC(C3)CC2C4)cc1. The molecule has 0 atom stereocenters. The van der Waals surface area contributed by atoms with Gasteiger partial charge in [0.15, 0.2) is 0 Å². The quantitative estimate of drug-likeness (QED) is 0.177. The third-order valence-corrected chi connectivity index (χ3v) is 16.5. The smallest absolute Gasteiger partial charge is 0.137 e. The lowest BCUT2D eigenvalue weighted by Gasteiger charge is -2.61. The van der Waals surface area contributed by atoms with Crippen LogP contribution in [0.15, 0.2) is 180 Å². The summed E-state index contributed by atoms with van der Waals surface area (Å²) in [6.07, 6.45) is 7.03. The Morgan fingerprint density at radius 3 is 1.79 bits per heavy atom. The largest absolute Gasteiger partial charge is 0.457 e. The molecule has 16 rings (SSSR count). The lowest BCUT2D eigenvalue weighted by Crippen LogP contribution is -2.55. The summed E-state index contributed by atoms with van der Waals surface area (Å²) in [6, 6.07) is 65.5. The molecule has 3 nitrogen and oxygen atoms in total. The maximum Gasteiger partial charge on any atom is 0.137 e. The average molecular weight is 798 g/mol. The van der Waals surface area contributed by atoms with Crippen LogP contribution in [-0.4, -0.2) is 0 Å². The number of para-hydroxylation sites is 4. The minimum Gasteiger partial charge on any atom is -0.457 e. The number of ether oxygens (including phenoxy) is 1. The highest BCUT2D eigenvalue weighted by molar-refractivity contribution is 6.16. The number of hydrogen-bond donors (Lipinski definition) is 0. The molecule has 0 N–H and O–H groups in total. The van der Waals surface area contributed by atoms with Crippen molar-refractivity contribution in [2.45, 2.75) is 42.9 Å². The van der Waals surface area contributed by atoms with E-state index >= 15 is 0 Å². The summed E-state index contributed by atoms with van der Waals surface area (Å²) < 4.78 is 13.6. The van der Waals surface area contributed by atoms with Gasteiger partial charge in [-0.1, -0.05) is 121 Å². The van der Waals surface area contributed by atoms with Gasteiger partial charge in [-0.2, -0.15) is 0 Å². The van der Waals surface area contributed by atoms with Crippen molar-refractivity contribution >= 4 is 39.0 Å². The van der Waals surface area contributed by atoms with Crippen LogP contribution < -0.4 is 9.64 Å². The Labute approximate surface area is 361 Å². The third-order valence-electron chi connectivity index (χ3n) is 16.5. The first-order valence-corrected chi connectivity index (χ1v) is 22.8. The second-order valence-electron chi connectivity index (χ2n) is 19.2. The van der Waals surface area contributed by atoms with Crippen LogP contribution in [0.4, 0.5) is 17.1 Å². The number of fused-ring (bicyclic) bond motifs is 9. The maximum absolute atomic E-state index is 6.88. The van der Waals surface area contributed by atoms with E-state index in [0.717, 1.165) is 74.5 Å². The Kier molecular flexibility index (Phi) is 6.52. The van der Waals surface area contributed by atoms with Gasteiger partial charge in [0.1, 0.15) is 22.7 Å². The van der Waals surface area contributed by atoms with Gasteiger partial charge in [-0.25, -0.2) is 0 Å². The summed E-state index contributed by atoms with van der Waals surface area (Å²) in [5, 5.41) is 2.38. The molecule has 2 spiro atoms. The molecule has 0 amide bonds. The van der Waals surface area contributed by atoms with E-state index in [1.165, 1.54) is 76.3 Å². The fourth-order valence-electron chi connectivity index (χ4n) is 14.6. The van der Waals surface area contributed by atoms with E-state index in [1.807, 2.05) is 0 Å². The van der Waals surface area contributed by atoms with Crippen LogP contribution in [0.25, 0.3) is 44.2 Å². The molecule has 296 valence electrons. The van der Waals surface area contributed by atoms with E-state index < -0.39 is 5.41 Å². The fourth-order valence-corrected chi connectivity index (χ4v) is 14.6. The first-order chi connectivity index (χ1) is 30.7. The van der Waals surface area contributed by atoms with Crippen molar-refractivity contribution in [3.63, 3.8) is 0 Å². The van der Waals surface area contributed by atoms with Crippen LogP contribution in [-0.2, 0) is 10.8 Å². The molecule has 0 saturated heterocycles. The average Bonchev–Trinajstić information content (AvgIpc) is 3.94. The molecule has 62 heavy (non-hydrogen) atoms. The Bertz CT molecular complexity index is 3300. The van der Waals surface area contributed by atoms with Gasteiger partial charge in [-0.3, -0.25) is 0 Å². The molecule has 7 aliphatic rings. The third kappa shape index (κ3) is 4.09. The highest BCUT2D eigenvalue weighted by Crippen LogP contribution is 2.70. The van der Waals surface area contributed by atoms with Gasteiger partial charge >= 0.3 is 0 Å². The summed E-state index contributed by atoms with van der Waals surface area (Å²) in [7, 11) is 0. The Morgan fingerprint density at radius 2 is 1.03 bits per heavy atom. The van der Waals surface area contributed by atoms with Crippen molar-refractivity contribution in [2.24, 2.45) is 23.7 Å². The van der Waals surface area contributed by atoms with Crippen molar-refractivity contribution in [1.82, 2.24) is 0 Å². The van der Waals surface area contributed by atoms with E-state index in [0.29, 0.717) is 0 Å². The highest BCUT2D eigenvalue weighted by Gasteiger charge is 2.61. The van der Waals surface area contributed by atoms with Crippen molar-refractivity contribution in [3.8, 4) is 33.8 Å². The lowest BCUT2D eigenvalue weighted by atomic mass is 9.43. The number of benzene rings is 8. The van der Waals surface area contributed by atoms with Crippen LogP contribution in [0.2, 0.25) is 0 Å². The molecule has 4 saturated carbocycles. The second-order valence-corrected chi connectivity index (χ2v) is 19.2. The molecule has 1 aromatic heterocycles. The van der Waals surface area contributed by atoms with Crippen LogP contribution in [0.1, 0.15) is 65.5 Å². The van der Waals surface area contributed by atoms with Crippen molar-refractivity contribution in [2.75, 3.05) is 4.90 Å². The zero-order chi connectivity index (χ0) is 40.3. The highest BCUT2D eigenvalue weighted by atomic mass is 16.5. The second kappa shape index (κ2) is 12.0. The number of anilines is 3. The number of rotatable bonds is 4. The fraction of sp³-hybridized carbons (Fsp3) is 0.186. The Balaban J connectivity index is 0.958. The maximum atomic E-state index is 6.88. The number of hydrogen-bond acceptors (Lipinski definition) is 3. The summed E-state index contributed by atoms with van der Waals surface area (Å²) in [5.41, 5.74) is 18.0. The first kappa shape index (κ1) is 33.8. The van der Waals surface area contributed by atoms with E-state index in [4.69, 9.17) is 9.15 Å². The number of furan rings is 1. The van der Waals surface area contributed by atoms with E-state index in [9.17, 15) is 0 Å². The van der Waals surface area contributed by atoms with Crippen molar-refractivity contribution in [3.05, 3.63) is 209 Å². The van der Waals surface area contributed by atoms with Crippen LogP contribution in [0.5, 0.6) is 11.5 Å². The van der Waals surface area contributed by atoms with E-state index in [2.05, 4.69) is 181 Å². The predicted octanol–water partition coefficient (Wildman–Crippen LogP) is 15.2. The molecule has 1 aliphatic heterocycles. The summed E-state index contributed by atoms with van der Waals surface area (Å²) in [5.74, 6) is 5.11. The van der Waals surface area contributed by atoms with Gasteiger partial charge in [0.2, 0.25) is 0 Å². The summed E-state index contributed by atoms with van der Waals surface area (Å²) >= 11 is 0. The molecule has 6 aliphatic carbocycles. The molecule has 4 fully saturated rings. The zero-order valence-corrected chi connectivity index (χ0v) is 34.4. The Morgan fingerprint density at radius 1 is 0.419 bits per heavy atom. The molecule has 0 radical (unpaired) electrons. The summed E-state index contributed by atoms with van der Waals surface area (Å²) in [6.45, 7) is 0. The lowest BCUT2D eigenvalue weighted by molar-refractivity contribution is -0.0399. The standard InChI is InChI=1S/C59H43NO2/c1-2-13-40(14-3-1)60(41-33-50-57-55(34-41)62-54-24-12-20-49(56(54)57)59(50)47-18-7-10-22-52(47)61-53-23-11-8-19-48(53)59)51-21-9-5-15-42(51)37-25-26-46-44(32-37)43-16-4-6-17-45(43)58(46)38-28-35-27-36(30-38)31-39(58)29-35/h1-26,32-36,38-39H,27-31H2. The van der Waals surface area contributed by atoms with Gasteiger partial charge in [-0.15, -0.1) is 0 Å². The topological polar surface area (TPSA) is 25.6 Å². The van der Waals surface area contributed by atoms with Gasteiger partial charge < -0.3 is 14.1 Å². The Hall–Kier alpha value is -6.84. The monoisotopic (exact) mass is 797 g/mol. The van der Waals surface area contributed by atoms with Gasteiger partial charge in [0.25, 0.3) is 0 Å². The van der Waals surface area contributed by atoms with Gasteiger partial charge in [0.05, 0.1) is 16.8 Å². The number of nitrogens with zero attached hydrogens (tertiary/aromatic N) is 1. The van der Waals surface area contributed by atoms with Gasteiger partial charge in [-0.05, 0) is 143 Å². The molecule has 0 unspecified atom stereocenters. The zero-order valence-electron chi connectivity index (χ0n) is 34.4. The van der Waals surface area contributed by atoms with Crippen molar-refractivity contribution in [1.29, 1.82) is 0 Å². The molecular weight excluding hydrogens is 755 g/mol. The molecule has 8 aromatic carbocycles. The first-order valence-electron chi connectivity index (χ1n) is 22.8. The van der Waals surface area contributed by atoms with Crippen LogP contribution in [0.3, 0.4) is 0 Å². The summed E-state index contributed by atoms with van der Waals surface area (Å²) in [4.78, 5) is 2.46. The normalized spacial score (nSPS) is 23.5. The van der Waals surface area contributed by atoms with Crippen molar-refractivity contribution < 1.29 is 9.15 Å². The minimum absolute atomic E-state index is 0.148. The van der Waals surface area contributed by atoms with Gasteiger partial charge in [0, 0.05) is 44.6 Å². The molecular formula is C59H43NO2. The minimum atomic E-state index is -0.593. The molecule has 2 heterocycles. The predicted molar refractivity (Wildman–Crippen MR) is 249 cm³/mol. The van der Waals surface area contributed by atoms with Crippen LogP contribution in [0, 0.1) is 23.7 Å². The molecule has 9 aromatic rings. The molecule has 4 bridgehead atoms. The van der Waals surface area contributed by atoms with E-state index in [1.54, 1.807) is 11.1 Å². The van der Waals surface area contributed by atoms with E-state index in [-0.39, 0.29) is 5.41 Å². The molecule has 3 heteroatoms.